The number of hydrogen-bond acceptors (Lipinski definition) is 4. The molecular weight excluding hydrogens is 350 g/mol. The minimum atomic E-state index is -3.74. The fraction of sp³-hybridized carbons (Fsp3) is 0.368. The lowest BCUT2D eigenvalue weighted by atomic mass is 10.1. The van der Waals surface area contributed by atoms with Crippen LogP contribution in [-0.2, 0) is 14.8 Å². The molecule has 0 unspecified atom stereocenters. The molecule has 2 heterocycles. The van der Waals surface area contributed by atoms with Crippen molar-refractivity contribution in [3.8, 4) is 0 Å². The first-order chi connectivity index (χ1) is 12.3. The number of amides is 1. The second-order valence-corrected chi connectivity index (χ2v) is 8.55. The third-order valence-corrected chi connectivity index (χ3v) is 6.84. The van der Waals surface area contributed by atoms with Crippen molar-refractivity contribution >= 4 is 21.6 Å². The zero-order chi connectivity index (χ0) is 18.9. The highest BCUT2D eigenvalue weighted by molar-refractivity contribution is 7.89. The van der Waals surface area contributed by atoms with Crippen molar-refractivity contribution in [1.82, 2.24) is 9.29 Å². The summed E-state index contributed by atoms with van der Waals surface area (Å²) < 4.78 is 27.9. The summed E-state index contributed by atoms with van der Waals surface area (Å²) in [6.45, 7) is 5.89. The van der Waals surface area contributed by atoms with Crippen LogP contribution in [0.5, 0.6) is 0 Å². The van der Waals surface area contributed by atoms with Crippen LogP contribution in [0.1, 0.15) is 29.5 Å². The molecule has 138 valence electrons. The van der Waals surface area contributed by atoms with Gasteiger partial charge in [0.05, 0.1) is 4.90 Å². The van der Waals surface area contributed by atoms with E-state index in [0.717, 1.165) is 5.56 Å². The first kappa shape index (κ1) is 18.5. The van der Waals surface area contributed by atoms with Crippen LogP contribution in [0.15, 0.2) is 41.6 Å². The van der Waals surface area contributed by atoms with Crippen LogP contribution < -0.4 is 5.32 Å². The summed E-state index contributed by atoms with van der Waals surface area (Å²) in [7, 11) is -3.74. The Morgan fingerprint density at radius 2 is 1.77 bits per heavy atom. The third-order valence-electron chi connectivity index (χ3n) is 4.63. The molecule has 1 N–H and O–H groups in total. The number of carbonyl (C=O) groups excluding carboxylic acids is 1. The number of carbonyl (C=O) groups is 1. The molecule has 7 heteroatoms. The van der Waals surface area contributed by atoms with Gasteiger partial charge in [0.1, 0.15) is 6.04 Å². The molecule has 26 heavy (non-hydrogen) atoms. The molecule has 1 aromatic heterocycles. The third kappa shape index (κ3) is 3.50. The summed E-state index contributed by atoms with van der Waals surface area (Å²) in [5, 5.41) is 2.79. The predicted octanol–water partition coefficient (Wildman–Crippen LogP) is 2.80. The molecule has 1 atom stereocenters. The maximum absolute atomic E-state index is 13.3. The van der Waals surface area contributed by atoms with Crippen LogP contribution in [-0.4, -0.2) is 36.2 Å². The summed E-state index contributed by atoms with van der Waals surface area (Å²) in [5.41, 5.74) is 3.05. The molecule has 1 aliphatic heterocycles. The molecule has 6 nitrogen and oxygen atoms in total. The number of rotatable bonds is 4. The molecule has 0 saturated carbocycles. The Morgan fingerprint density at radius 1 is 1.15 bits per heavy atom. The monoisotopic (exact) mass is 373 g/mol. The highest BCUT2D eigenvalue weighted by Crippen LogP contribution is 2.31. The molecule has 1 fully saturated rings. The second-order valence-electron chi connectivity index (χ2n) is 6.73. The van der Waals surface area contributed by atoms with Gasteiger partial charge in [-0.3, -0.25) is 9.78 Å². The van der Waals surface area contributed by atoms with Crippen LogP contribution in [0.4, 0.5) is 5.69 Å². The standard InChI is InChI=1S/C19H23N3O3S/c1-13-11-14(2)18(15(3)12-13)26(24,25)22-10-4-5-17(22)19(23)21-16-6-8-20-9-7-16/h6-9,11-12,17H,4-5,10H2,1-3H3,(H,20,21,23)/t17-/m0/s1. The number of nitrogens with zero attached hydrogens (tertiary/aromatic N) is 2. The van der Waals surface area contributed by atoms with Crippen molar-refractivity contribution in [2.75, 3.05) is 11.9 Å². The summed E-state index contributed by atoms with van der Waals surface area (Å²) in [4.78, 5) is 16.9. The second kappa shape index (κ2) is 7.17. The smallest absolute Gasteiger partial charge is 0.244 e. The lowest BCUT2D eigenvalue weighted by molar-refractivity contribution is -0.119. The minimum absolute atomic E-state index is 0.306. The number of aromatic nitrogens is 1. The van der Waals surface area contributed by atoms with Gasteiger partial charge in [0.25, 0.3) is 0 Å². The van der Waals surface area contributed by atoms with Gasteiger partial charge in [-0.15, -0.1) is 0 Å². The van der Waals surface area contributed by atoms with Crippen molar-refractivity contribution in [2.45, 2.75) is 44.6 Å². The Labute approximate surface area is 154 Å². The predicted molar refractivity (Wildman–Crippen MR) is 100 cm³/mol. The Morgan fingerprint density at radius 3 is 2.38 bits per heavy atom. The first-order valence-electron chi connectivity index (χ1n) is 8.61. The fourth-order valence-corrected chi connectivity index (χ4v) is 5.71. The van der Waals surface area contributed by atoms with Gasteiger partial charge in [-0.25, -0.2) is 8.42 Å². The SMILES string of the molecule is Cc1cc(C)c(S(=O)(=O)N2CCC[C@H]2C(=O)Nc2ccncc2)c(C)c1. The van der Waals surface area contributed by atoms with Crippen LogP contribution >= 0.6 is 0 Å². The Balaban J connectivity index is 1.91. The minimum Gasteiger partial charge on any atom is -0.325 e. The summed E-state index contributed by atoms with van der Waals surface area (Å²) in [5.74, 6) is -0.306. The number of pyridine rings is 1. The Kier molecular flexibility index (Phi) is 5.11. The molecule has 1 aromatic carbocycles. The molecule has 1 aliphatic rings. The molecule has 0 bridgehead atoms. The van der Waals surface area contributed by atoms with Gasteiger partial charge in [0.2, 0.25) is 15.9 Å². The number of sulfonamides is 1. The van der Waals surface area contributed by atoms with Crippen LogP contribution in [0, 0.1) is 20.8 Å². The van der Waals surface area contributed by atoms with E-state index in [2.05, 4.69) is 10.3 Å². The molecule has 0 spiro atoms. The lowest BCUT2D eigenvalue weighted by Gasteiger charge is -2.25. The molecule has 2 aromatic rings. The van der Waals surface area contributed by atoms with Crippen molar-refractivity contribution in [2.24, 2.45) is 0 Å². The molecule has 1 amide bonds. The maximum Gasteiger partial charge on any atom is 0.244 e. The van der Waals surface area contributed by atoms with E-state index >= 15 is 0 Å². The molecule has 1 saturated heterocycles. The van der Waals surface area contributed by atoms with E-state index in [1.54, 1.807) is 38.4 Å². The number of nitrogens with one attached hydrogen (secondary N) is 1. The Hall–Kier alpha value is -2.25. The van der Waals surface area contributed by atoms with Gasteiger partial charge in [0, 0.05) is 24.6 Å². The first-order valence-corrected chi connectivity index (χ1v) is 10.1. The van der Waals surface area contributed by atoms with E-state index in [0.29, 0.717) is 41.1 Å². The summed E-state index contributed by atoms with van der Waals surface area (Å²) >= 11 is 0. The molecule has 3 rings (SSSR count). The van der Waals surface area contributed by atoms with Crippen LogP contribution in [0.25, 0.3) is 0 Å². The maximum atomic E-state index is 13.3. The fourth-order valence-electron chi connectivity index (χ4n) is 3.64. The van der Waals surface area contributed by atoms with Gasteiger partial charge < -0.3 is 5.32 Å². The van der Waals surface area contributed by atoms with E-state index < -0.39 is 16.1 Å². The topological polar surface area (TPSA) is 79.4 Å². The van der Waals surface area contributed by atoms with E-state index in [4.69, 9.17) is 0 Å². The van der Waals surface area contributed by atoms with Crippen molar-refractivity contribution in [3.63, 3.8) is 0 Å². The lowest BCUT2D eigenvalue weighted by Crippen LogP contribution is -2.43. The average molecular weight is 373 g/mol. The zero-order valence-corrected chi connectivity index (χ0v) is 16.0. The summed E-state index contributed by atoms with van der Waals surface area (Å²) in [6.07, 6.45) is 4.34. The molecule has 0 radical (unpaired) electrons. The number of hydrogen-bond donors (Lipinski definition) is 1. The van der Waals surface area contributed by atoms with Crippen molar-refractivity contribution in [3.05, 3.63) is 53.3 Å². The van der Waals surface area contributed by atoms with Gasteiger partial charge in [-0.2, -0.15) is 4.31 Å². The highest BCUT2D eigenvalue weighted by Gasteiger charge is 2.40. The van der Waals surface area contributed by atoms with Gasteiger partial charge in [-0.1, -0.05) is 17.7 Å². The van der Waals surface area contributed by atoms with E-state index in [1.165, 1.54) is 4.31 Å². The average Bonchev–Trinajstić information content (AvgIpc) is 3.05. The van der Waals surface area contributed by atoms with E-state index in [1.807, 2.05) is 19.1 Å². The molecular formula is C19H23N3O3S. The van der Waals surface area contributed by atoms with Gasteiger partial charge in [-0.05, 0) is 56.9 Å². The van der Waals surface area contributed by atoms with Gasteiger partial charge >= 0.3 is 0 Å². The van der Waals surface area contributed by atoms with Crippen LogP contribution in [0.3, 0.4) is 0 Å². The zero-order valence-electron chi connectivity index (χ0n) is 15.2. The number of aryl methyl sites for hydroxylation is 3. The van der Waals surface area contributed by atoms with Crippen LogP contribution in [0.2, 0.25) is 0 Å². The normalized spacial score (nSPS) is 18.0. The largest absolute Gasteiger partial charge is 0.325 e. The van der Waals surface area contributed by atoms with Crippen molar-refractivity contribution in [1.29, 1.82) is 0 Å². The summed E-state index contributed by atoms with van der Waals surface area (Å²) in [6, 6.07) is 6.39. The number of benzene rings is 1. The van der Waals surface area contributed by atoms with E-state index in [-0.39, 0.29) is 5.91 Å². The molecule has 0 aliphatic carbocycles. The van der Waals surface area contributed by atoms with Gasteiger partial charge in [0.15, 0.2) is 0 Å². The Bertz CT molecular complexity index is 903. The quantitative estimate of drug-likeness (QED) is 0.894. The van der Waals surface area contributed by atoms with E-state index in [9.17, 15) is 13.2 Å². The number of anilines is 1. The van der Waals surface area contributed by atoms with Crippen molar-refractivity contribution < 1.29 is 13.2 Å². The highest BCUT2D eigenvalue weighted by atomic mass is 32.2.